The lowest BCUT2D eigenvalue weighted by Gasteiger charge is -2.18. The van der Waals surface area contributed by atoms with E-state index < -0.39 is 0 Å². The molecule has 104 valence electrons. The van der Waals surface area contributed by atoms with Crippen molar-refractivity contribution in [2.24, 2.45) is 0 Å². The zero-order valence-electron chi connectivity index (χ0n) is 11.6. The molecule has 0 saturated carbocycles. The minimum absolute atomic E-state index is 0.0512. The Morgan fingerprint density at radius 3 is 2.50 bits per heavy atom. The first-order valence-corrected chi connectivity index (χ1v) is 7.12. The number of halogens is 1. The van der Waals surface area contributed by atoms with E-state index in [4.69, 9.17) is 5.73 Å². The lowest BCUT2D eigenvalue weighted by atomic mass is 10.1. The normalized spacial score (nSPS) is 10.3. The molecule has 2 aromatic rings. The first-order valence-electron chi connectivity index (χ1n) is 6.33. The predicted octanol–water partition coefficient (Wildman–Crippen LogP) is 3.61. The maximum Gasteiger partial charge on any atom is 0.255 e. The quantitative estimate of drug-likeness (QED) is 0.872. The van der Waals surface area contributed by atoms with Gasteiger partial charge in [-0.05, 0) is 46.6 Å². The van der Waals surface area contributed by atoms with Gasteiger partial charge in [0.2, 0.25) is 0 Å². The lowest BCUT2D eigenvalue weighted by Crippen LogP contribution is -2.26. The molecule has 2 rings (SSSR count). The monoisotopic (exact) mass is 332 g/mol. The first-order chi connectivity index (χ1) is 9.47. The molecule has 2 aromatic carbocycles. The van der Waals surface area contributed by atoms with E-state index in [1.165, 1.54) is 5.56 Å². The van der Waals surface area contributed by atoms with Crippen LogP contribution in [0.4, 0.5) is 5.69 Å². The smallest absolute Gasteiger partial charge is 0.255 e. The molecule has 0 saturated heterocycles. The molecule has 4 heteroatoms. The van der Waals surface area contributed by atoms with Crippen molar-refractivity contribution in [3.05, 3.63) is 63.6 Å². The molecule has 0 aliphatic rings. The molecular weight excluding hydrogens is 316 g/mol. The van der Waals surface area contributed by atoms with Crippen LogP contribution in [-0.2, 0) is 6.54 Å². The van der Waals surface area contributed by atoms with Gasteiger partial charge >= 0.3 is 0 Å². The van der Waals surface area contributed by atoms with Gasteiger partial charge in [-0.15, -0.1) is 0 Å². The number of benzene rings is 2. The molecule has 0 aliphatic heterocycles. The molecule has 0 atom stereocenters. The maximum atomic E-state index is 12.4. The largest absolute Gasteiger partial charge is 0.399 e. The number of aryl methyl sites for hydroxylation is 1. The highest BCUT2D eigenvalue weighted by Gasteiger charge is 2.15. The molecular formula is C16H17BrN2O. The van der Waals surface area contributed by atoms with Gasteiger partial charge in [-0.3, -0.25) is 4.79 Å². The Kier molecular flexibility index (Phi) is 4.45. The summed E-state index contributed by atoms with van der Waals surface area (Å²) in [6, 6.07) is 13.4. The predicted molar refractivity (Wildman–Crippen MR) is 85.5 cm³/mol. The van der Waals surface area contributed by atoms with Crippen LogP contribution >= 0.6 is 15.9 Å². The summed E-state index contributed by atoms with van der Waals surface area (Å²) in [7, 11) is 1.79. The average Bonchev–Trinajstić information content (AvgIpc) is 2.43. The molecule has 0 fully saturated rings. The maximum absolute atomic E-state index is 12.4. The van der Waals surface area contributed by atoms with Crippen molar-refractivity contribution in [2.75, 3.05) is 12.8 Å². The van der Waals surface area contributed by atoms with Gasteiger partial charge in [0.15, 0.2) is 0 Å². The molecule has 0 heterocycles. The van der Waals surface area contributed by atoms with Gasteiger partial charge in [0.1, 0.15) is 0 Å². The number of nitrogens with two attached hydrogens (primary N) is 1. The van der Waals surface area contributed by atoms with E-state index in [1.54, 1.807) is 30.1 Å². The Morgan fingerprint density at radius 1 is 1.20 bits per heavy atom. The summed E-state index contributed by atoms with van der Waals surface area (Å²) in [5.74, 6) is -0.0512. The van der Waals surface area contributed by atoms with Crippen LogP contribution in [0.5, 0.6) is 0 Å². The number of carbonyl (C=O) groups excluding carboxylic acids is 1. The fraction of sp³-hybridized carbons (Fsp3) is 0.188. The van der Waals surface area contributed by atoms with Crippen LogP contribution in [0.25, 0.3) is 0 Å². The van der Waals surface area contributed by atoms with Gasteiger partial charge in [0, 0.05) is 23.8 Å². The zero-order valence-corrected chi connectivity index (χ0v) is 13.1. The SMILES string of the molecule is Cc1ccc(CN(C)C(=O)c2cc(N)ccc2Br)cc1. The fourth-order valence-electron chi connectivity index (χ4n) is 1.95. The van der Waals surface area contributed by atoms with Gasteiger partial charge in [0.25, 0.3) is 5.91 Å². The number of amides is 1. The van der Waals surface area contributed by atoms with E-state index in [-0.39, 0.29) is 5.91 Å². The van der Waals surface area contributed by atoms with Crippen molar-refractivity contribution >= 4 is 27.5 Å². The zero-order chi connectivity index (χ0) is 14.7. The van der Waals surface area contributed by atoms with Crippen LogP contribution < -0.4 is 5.73 Å². The summed E-state index contributed by atoms with van der Waals surface area (Å²) in [5.41, 5.74) is 9.22. The number of nitrogens with zero attached hydrogens (tertiary/aromatic N) is 1. The second-order valence-corrected chi connectivity index (χ2v) is 5.74. The van der Waals surface area contributed by atoms with Crippen molar-refractivity contribution in [3.8, 4) is 0 Å². The van der Waals surface area contributed by atoms with E-state index in [9.17, 15) is 4.79 Å². The summed E-state index contributed by atoms with van der Waals surface area (Å²) >= 11 is 3.39. The van der Waals surface area contributed by atoms with E-state index in [0.29, 0.717) is 17.8 Å². The molecule has 0 radical (unpaired) electrons. The van der Waals surface area contributed by atoms with Crippen LogP contribution in [0.3, 0.4) is 0 Å². The van der Waals surface area contributed by atoms with Crippen molar-refractivity contribution in [3.63, 3.8) is 0 Å². The average molecular weight is 333 g/mol. The van der Waals surface area contributed by atoms with Gasteiger partial charge in [0.05, 0.1) is 5.56 Å². The summed E-state index contributed by atoms with van der Waals surface area (Å²) < 4.78 is 0.757. The number of hydrogen-bond donors (Lipinski definition) is 1. The van der Waals surface area contributed by atoms with Crippen LogP contribution in [0, 0.1) is 6.92 Å². The molecule has 2 N–H and O–H groups in total. The van der Waals surface area contributed by atoms with Gasteiger partial charge in [-0.25, -0.2) is 0 Å². The number of anilines is 1. The molecule has 0 spiro atoms. The highest BCUT2D eigenvalue weighted by molar-refractivity contribution is 9.10. The Hall–Kier alpha value is -1.81. The summed E-state index contributed by atoms with van der Waals surface area (Å²) in [6.07, 6.45) is 0. The van der Waals surface area contributed by atoms with E-state index in [1.807, 2.05) is 31.2 Å². The third-order valence-electron chi connectivity index (χ3n) is 3.11. The minimum atomic E-state index is -0.0512. The highest BCUT2D eigenvalue weighted by Crippen LogP contribution is 2.21. The summed E-state index contributed by atoms with van der Waals surface area (Å²) in [5, 5.41) is 0. The number of rotatable bonds is 3. The topological polar surface area (TPSA) is 46.3 Å². The summed E-state index contributed by atoms with van der Waals surface area (Å²) in [4.78, 5) is 14.1. The Labute approximate surface area is 127 Å². The second kappa shape index (κ2) is 6.09. The van der Waals surface area contributed by atoms with Crippen molar-refractivity contribution in [1.82, 2.24) is 4.90 Å². The van der Waals surface area contributed by atoms with Crippen LogP contribution in [-0.4, -0.2) is 17.9 Å². The summed E-state index contributed by atoms with van der Waals surface area (Å²) in [6.45, 7) is 2.61. The molecule has 0 aromatic heterocycles. The fourth-order valence-corrected chi connectivity index (χ4v) is 2.37. The van der Waals surface area contributed by atoms with Crippen LogP contribution in [0.2, 0.25) is 0 Å². The van der Waals surface area contributed by atoms with Gasteiger partial charge < -0.3 is 10.6 Å². The molecule has 0 bridgehead atoms. The molecule has 0 unspecified atom stereocenters. The number of hydrogen-bond acceptors (Lipinski definition) is 2. The van der Waals surface area contributed by atoms with E-state index in [0.717, 1.165) is 10.0 Å². The molecule has 20 heavy (non-hydrogen) atoms. The Bertz CT molecular complexity index is 623. The van der Waals surface area contributed by atoms with E-state index in [2.05, 4.69) is 15.9 Å². The molecule has 1 amide bonds. The molecule has 3 nitrogen and oxygen atoms in total. The highest BCUT2D eigenvalue weighted by atomic mass is 79.9. The number of carbonyl (C=O) groups is 1. The third-order valence-corrected chi connectivity index (χ3v) is 3.80. The van der Waals surface area contributed by atoms with Crippen LogP contribution in [0.15, 0.2) is 46.9 Å². The Balaban J connectivity index is 2.16. The third kappa shape index (κ3) is 3.39. The van der Waals surface area contributed by atoms with Crippen LogP contribution in [0.1, 0.15) is 21.5 Å². The Morgan fingerprint density at radius 2 is 1.85 bits per heavy atom. The lowest BCUT2D eigenvalue weighted by molar-refractivity contribution is 0.0784. The number of nitrogen functional groups attached to an aromatic ring is 1. The molecule has 0 aliphatic carbocycles. The minimum Gasteiger partial charge on any atom is -0.399 e. The second-order valence-electron chi connectivity index (χ2n) is 4.89. The van der Waals surface area contributed by atoms with Crippen molar-refractivity contribution in [1.29, 1.82) is 0 Å². The van der Waals surface area contributed by atoms with E-state index >= 15 is 0 Å². The van der Waals surface area contributed by atoms with Crippen molar-refractivity contribution < 1.29 is 4.79 Å². The van der Waals surface area contributed by atoms with Crippen molar-refractivity contribution in [2.45, 2.75) is 13.5 Å². The van der Waals surface area contributed by atoms with Gasteiger partial charge in [-0.1, -0.05) is 29.8 Å². The standard InChI is InChI=1S/C16H17BrN2O/c1-11-3-5-12(6-4-11)10-19(2)16(20)14-9-13(18)7-8-15(14)17/h3-9H,10,18H2,1-2H3. The van der Waals surface area contributed by atoms with Gasteiger partial charge in [-0.2, -0.15) is 0 Å². The first kappa shape index (κ1) is 14.6.